The number of hydrogen-bond acceptors (Lipinski definition) is 4. The van der Waals surface area contributed by atoms with E-state index < -0.39 is 5.54 Å². The summed E-state index contributed by atoms with van der Waals surface area (Å²) in [6.07, 6.45) is 0.360. The summed E-state index contributed by atoms with van der Waals surface area (Å²) in [5, 5.41) is 1.97. The Balaban J connectivity index is 2.27. The van der Waals surface area contributed by atoms with E-state index in [4.69, 9.17) is 5.73 Å². The number of likely N-dealkylation sites (N-methyl/N-ethyl adjacent to an activating group) is 1. The maximum Gasteiger partial charge on any atom is 0.236 e. The molecule has 0 radical (unpaired) electrons. The van der Waals surface area contributed by atoms with Crippen LogP contribution in [-0.2, 0) is 4.79 Å². The van der Waals surface area contributed by atoms with Gasteiger partial charge in [0, 0.05) is 38.1 Å². The van der Waals surface area contributed by atoms with Crippen LogP contribution in [0.2, 0.25) is 0 Å². The average molecular weight is 214 g/mol. The molecular weight excluding hydrogens is 192 g/mol. The van der Waals surface area contributed by atoms with Crippen molar-refractivity contribution in [3.8, 4) is 0 Å². The van der Waals surface area contributed by atoms with Crippen molar-refractivity contribution in [1.82, 2.24) is 15.3 Å². The molecule has 0 unspecified atom stereocenters. The van der Waals surface area contributed by atoms with Gasteiger partial charge in [0.1, 0.15) is 0 Å². The molecule has 3 N–H and O–H groups in total. The standard InChI is InChI=1S/C10H22N4O/c1-10(2,11)8-9(15)12-14-6-4-13(3)5-7-14/h4-8,11H2,1-3H3,(H,12,15). The average Bonchev–Trinajstić information content (AvgIpc) is 2.05. The Labute approximate surface area is 91.6 Å². The molecule has 5 heteroatoms. The van der Waals surface area contributed by atoms with Gasteiger partial charge in [0.05, 0.1) is 0 Å². The fraction of sp³-hybridized carbons (Fsp3) is 0.900. The minimum atomic E-state index is -0.434. The normalized spacial score (nSPS) is 20.3. The van der Waals surface area contributed by atoms with Gasteiger partial charge in [-0.3, -0.25) is 10.2 Å². The molecule has 0 saturated carbocycles. The summed E-state index contributed by atoms with van der Waals surface area (Å²) >= 11 is 0. The zero-order valence-electron chi connectivity index (χ0n) is 9.92. The first-order valence-electron chi connectivity index (χ1n) is 5.39. The summed E-state index contributed by atoms with van der Waals surface area (Å²) in [6, 6.07) is 0. The fourth-order valence-corrected chi connectivity index (χ4v) is 1.55. The fourth-order valence-electron chi connectivity index (χ4n) is 1.55. The lowest BCUT2D eigenvalue weighted by Crippen LogP contribution is -2.53. The van der Waals surface area contributed by atoms with Gasteiger partial charge in [-0.05, 0) is 20.9 Å². The third-order valence-corrected chi connectivity index (χ3v) is 2.40. The SMILES string of the molecule is CN1CCN(NC(=O)CC(C)(C)N)CC1. The number of nitrogens with one attached hydrogen (secondary N) is 1. The highest BCUT2D eigenvalue weighted by Gasteiger charge is 2.20. The zero-order valence-corrected chi connectivity index (χ0v) is 9.92. The number of nitrogens with zero attached hydrogens (tertiary/aromatic N) is 2. The summed E-state index contributed by atoms with van der Waals surface area (Å²) < 4.78 is 0. The van der Waals surface area contributed by atoms with E-state index in [0.717, 1.165) is 26.2 Å². The van der Waals surface area contributed by atoms with Gasteiger partial charge in [0.25, 0.3) is 0 Å². The molecule has 0 aromatic rings. The number of piperazine rings is 1. The maximum absolute atomic E-state index is 11.6. The summed E-state index contributed by atoms with van der Waals surface area (Å²) in [7, 11) is 2.09. The Morgan fingerprint density at radius 1 is 1.33 bits per heavy atom. The van der Waals surface area contributed by atoms with Crippen molar-refractivity contribution in [2.24, 2.45) is 5.73 Å². The van der Waals surface area contributed by atoms with Crippen LogP contribution in [0.4, 0.5) is 0 Å². The molecule has 1 rings (SSSR count). The lowest BCUT2D eigenvalue weighted by molar-refractivity contribution is -0.127. The minimum absolute atomic E-state index is 0.00653. The van der Waals surface area contributed by atoms with Crippen molar-refractivity contribution in [3.63, 3.8) is 0 Å². The first-order valence-corrected chi connectivity index (χ1v) is 5.39. The zero-order chi connectivity index (χ0) is 11.5. The van der Waals surface area contributed by atoms with Gasteiger partial charge in [-0.25, -0.2) is 5.01 Å². The Morgan fingerprint density at radius 2 is 1.87 bits per heavy atom. The molecule has 0 atom stereocenters. The van der Waals surface area contributed by atoms with Gasteiger partial charge in [-0.15, -0.1) is 0 Å². The van der Waals surface area contributed by atoms with Crippen LogP contribution in [0.25, 0.3) is 0 Å². The number of amides is 1. The van der Waals surface area contributed by atoms with E-state index in [2.05, 4.69) is 17.4 Å². The smallest absolute Gasteiger partial charge is 0.236 e. The molecule has 0 aromatic carbocycles. The summed E-state index contributed by atoms with van der Waals surface area (Å²) in [4.78, 5) is 13.8. The van der Waals surface area contributed by atoms with Crippen LogP contribution in [0.1, 0.15) is 20.3 Å². The highest BCUT2D eigenvalue weighted by atomic mass is 16.2. The van der Waals surface area contributed by atoms with Crippen LogP contribution < -0.4 is 11.2 Å². The predicted molar refractivity (Wildman–Crippen MR) is 60.1 cm³/mol. The van der Waals surface area contributed by atoms with Gasteiger partial charge in [-0.1, -0.05) is 0 Å². The topological polar surface area (TPSA) is 61.6 Å². The second-order valence-corrected chi connectivity index (χ2v) is 4.99. The number of hydrogen-bond donors (Lipinski definition) is 2. The molecule has 1 heterocycles. The van der Waals surface area contributed by atoms with Crippen LogP contribution in [0, 0.1) is 0 Å². The molecule has 5 nitrogen and oxygen atoms in total. The van der Waals surface area contributed by atoms with Crippen molar-refractivity contribution >= 4 is 5.91 Å². The van der Waals surface area contributed by atoms with E-state index in [1.54, 1.807) is 0 Å². The minimum Gasteiger partial charge on any atom is -0.325 e. The number of carbonyl (C=O) groups is 1. The van der Waals surface area contributed by atoms with Gasteiger partial charge >= 0.3 is 0 Å². The Bertz CT molecular complexity index is 216. The van der Waals surface area contributed by atoms with E-state index in [0.29, 0.717) is 6.42 Å². The number of hydrazine groups is 1. The molecule has 88 valence electrons. The predicted octanol–water partition coefficient (Wildman–Crippen LogP) is -0.608. The summed E-state index contributed by atoms with van der Waals surface area (Å²) in [5.74, 6) is 0.00653. The maximum atomic E-state index is 11.6. The van der Waals surface area contributed by atoms with Crippen molar-refractivity contribution in [3.05, 3.63) is 0 Å². The molecule has 1 aliphatic rings. The Kier molecular flexibility index (Phi) is 4.07. The molecule has 1 aliphatic heterocycles. The van der Waals surface area contributed by atoms with Crippen LogP contribution in [-0.4, -0.2) is 54.6 Å². The number of rotatable bonds is 3. The quantitative estimate of drug-likeness (QED) is 0.658. The first kappa shape index (κ1) is 12.4. The van der Waals surface area contributed by atoms with Crippen molar-refractivity contribution in [1.29, 1.82) is 0 Å². The highest BCUT2D eigenvalue weighted by Crippen LogP contribution is 2.03. The third kappa shape index (κ3) is 5.11. The van der Waals surface area contributed by atoms with Crippen molar-refractivity contribution < 1.29 is 4.79 Å². The third-order valence-electron chi connectivity index (χ3n) is 2.40. The van der Waals surface area contributed by atoms with Crippen LogP contribution in [0.5, 0.6) is 0 Å². The summed E-state index contributed by atoms with van der Waals surface area (Å²) in [5.41, 5.74) is 8.23. The molecule has 0 spiro atoms. The van der Waals surface area contributed by atoms with Crippen LogP contribution >= 0.6 is 0 Å². The summed E-state index contributed by atoms with van der Waals surface area (Å²) in [6.45, 7) is 7.46. The monoisotopic (exact) mass is 214 g/mol. The van der Waals surface area contributed by atoms with E-state index in [9.17, 15) is 4.79 Å². The lowest BCUT2D eigenvalue weighted by atomic mass is 10.0. The molecule has 0 bridgehead atoms. The van der Waals surface area contributed by atoms with E-state index in [-0.39, 0.29) is 5.91 Å². The number of carbonyl (C=O) groups excluding carboxylic acids is 1. The molecule has 1 fully saturated rings. The second kappa shape index (κ2) is 4.92. The van der Waals surface area contributed by atoms with E-state index >= 15 is 0 Å². The van der Waals surface area contributed by atoms with E-state index in [1.807, 2.05) is 18.9 Å². The largest absolute Gasteiger partial charge is 0.325 e. The van der Waals surface area contributed by atoms with Gasteiger partial charge in [0.15, 0.2) is 0 Å². The molecule has 0 aliphatic carbocycles. The Morgan fingerprint density at radius 3 is 2.33 bits per heavy atom. The van der Waals surface area contributed by atoms with Gasteiger partial charge < -0.3 is 10.6 Å². The van der Waals surface area contributed by atoms with Crippen molar-refractivity contribution in [2.75, 3.05) is 33.2 Å². The lowest BCUT2D eigenvalue weighted by Gasteiger charge is -2.33. The number of nitrogens with two attached hydrogens (primary N) is 1. The molecule has 15 heavy (non-hydrogen) atoms. The van der Waals surface area contributed by atoms with Gasteiger partial charge in [-0.2, -0.15) is 0 Å². The highest BCUT2D eigenvalue weighted by molar-refractivity contribution is 5.76. The van der Waals surface area contributed by atoms with Gasteiger partial charge in [0.2, 0.25) is 5.91 Å². The van der Waals surface area contributed by atoms with Crippen LogP contribution in [0.3, 0.4) is 0 Å². The molecule has 1 amide bonds. The molecule has 1 saturated heterocycles. The first-order chi connectivity index (χ1) is 6.87. The molecular formula is C10H22N4O. The van der Waals surface area contributed by atoms with Crippen molar-refractivity contribution in [2.45, 2.75) is 25.8 Å². The molecule has 0 aromatic heterocycles. The Hall–Kier alpha value is -0.650. The second-order valence-electron chi connectivity index (χ2n) is 4.99. The van der Waals surface area contributed by atoms with Crippen LogP contribution in [0.15, 0.2) is 0 Å². The van der Waals surface area contributed by atoms with E-state index in [1.165, 1.54) is 0 Å².